The van der Waals surface area contributed by atoms with E-state index >= 15 is 0 Å². The molecule has 2 aromatic carbocycles. The van der Waals surface area contributed by atoms with E-state index in [2.05, 4.69) is 4.99 Å². The molecular formula is C22H18N2O5S. The number of aromatic nitrogens is 1. The van der Waals surface area contributed by atoms with Gasteiger partial charge in [-0.25, -0.2) is 0 Å². The molecule has 8 heteroatoms. The zero-order valence-electron chi connectivity index (χ0n) is 16.4. The van der Waals surface area contributed by atoms with Crippen LogP contribution >= 0.6 is 11.3 Å². The van der Waals surface area contributed by atoms with Crippen LogP contribution in [0.5, 0.6) is 0 Å². The van der Waals surface area contributed by atoms with Gasteiger partial charge in [0.1, 0.15) is 12.1 Å². The Labute approximate surface area is 174 Å². The van der Waals surface area contributed by atoms with Crippen molar-refractivity contribution >= 4 is 44.4 Å². The monoisotopic (exact) mass is 422 g/mol. The number of carbonyl (C=O) groups is 2. The molecular weight excluding hydrogens is 404 g/mol. The highest BCUT2D eigenvalue weighted by atomic mass is 32.1. The van der Waals surface area contributed by atoms with Gasteiger partial charge in [-0.15, -0.1) is 0 Å². The van der Waals surface area contributed by atoms with Crippen LogP contribution in [0.15, 0.2) is 62.7 Å². The van der Waals surface area contributed by atoms with Gasteiger partial charge in [0.2, 0.25) is 0 Å². The molecule has 0 bridgehead atoms. The third-order valence-electron chi connectivity index (χ3n) is 4.47. The molecule has 0 aliphatic rings. The molecule has 4 aromatic rings. The number of rotatable bonds is 4. The number of amides is 1. The van der Waals surface area contributed by atoms with Crippen molar-refractivity contribution in [1.82, 2.24) is 4.57 Å². The summed E-state index contributed by atoms with van der Waals surface area (Å²) in [5, 5.41) is 0.392. The first-order chi connectivity index (χ1) is 14.5. The first kappa shape index (κ1) is 19.8. The van der Waals surface area contributed by atoms with Gasteiger partial charge in [0.25, 0.3) is 0 Å². The van der Waals surface area contributed by atoms with Crippen molar-refractivity contribution in [3.63, 3.8) is 0 Å². The Morgan fingerprint density at radius 2 is 1.97 bits per heavy atom. The number of hydrogen-bond acceptors (Lipinski definition) is 6. The number of nitrogens with zero attached hydrogens (tertiary/aromatic N) is 2. The van der Waals surface area contributed by atoms with Crippen LogP contribution < -0.4 is 10.2 Å². The zero-order valence-corrected chi connectivity index (χ0v) is 17.2. The summed E-state index contributed by atoms with van der Waals surface area (Å²) < 4.78 is 13.2. The summed E-state index contributed by atoms with van der Waals surface area (Å²) >= 11 is 1.28. The summed E-state index contributed by atoms with van der Waals surface area (Å²) in [7, 11) is 0. The number of benzene rings is 2. The highest BCUT2D eigenvalue weighted by molar-refractivity contribution is 7.16. The minimum atomic E-state index is -0.696. The largest absolute Gasteiger partial charge is 0.465 e. The highest BCUT2D eigenvalue weighted by Crippen LogP contribution is 2.19. The van der Waals surface area contributed by atoms with E-state index in [9.17, 15) is 14.4 Å². The van der Waals surface area contributed by atoms with Crippen LogP contribution in [0.3, 0.4) is 0 Å². The van der Waals surface area contributed by atoms with Gasteiger partial charge in [-0.2, -0.15) is 4.99 Å². The van der Waals surface area contributed by atoms with E-state index in [1.807, 2.05) is 25.1 Å². The maximum absolute atomic E-state index is 12.8. The number of fused-ring (bicyclic) bond motifs is 2. The molecule has 0 saturated heterocycles. The molecule has 1 amide bonds. The SMILES string of the molecule is CCOC(=O)Cn1c(=NC(=O)c2cc(=O)c3ccccc3o2)sc2cc(C)ccc21. The fourth-order valence-electron chi connectivity index (χ4n) is 3.11. The number of thiazole rings is 1. The topological polar surface area (TPSA) is 90.9 Å². The van der Waals surface area contributed by atoms with Gasteiger partial charge in [-0.1, -0.05) is 29.5 Å². The van der Waals surface area contributed by atoms with Crippen molar-refractivity contribution < 1.29 is 18.7 Å². The number of para-hydroxylation sites is 1. The second-order valence-corrected chi connectivity index (χ2v) is 7.64. The van der Waals surface area contributed by atoms with E-state index in [4.69, 9.17) is 9.15 Å². The molecule has 0 radical (unpaired) electrons. The molecule has 30 heavy (non-hydrogen) atoms. The van der Waals surface area contributed by atoms with Crippen molar-refractivity contribution in [3.8, 4) is 0 Å². The van der Waals surface area contributed by atoms with Crippen LogP contribution in [0.2, 0.25) is 0 Å². The zero-order chi connectivity index (χ0) is 21.3. The minimum Gasteiger partial charge on any atom is -0.465 e. The number of ether oxygens (including phenoxy) is 1. The Balaban J connectivity index is 1.84. The van der Waals surface area contributed by atoms with Gasteiger partial charge in [0.15, 0.2) is 16.0 Å². The van der Waals surface area contributed by atoms with Crippen LogP contribution in [-0.2, 0) is 16.1 Å². The first-order valence-corrected chi connectivity index (χ1v) is 10.2. The smallest absolute Gasteiger partial charge is 0.326 e. The van der Waals surface area contributed by atoms with Gasteiger partial charge in [-0.05, 0) is 43.7 Å². The van der Waals surface area contributed by atoms with E-state index in [0.29, 0.717) is 15.8 Å². The molecule has 0 atom stereocenters. The van der Waals surface area contributed by atoms with Gasteiger partial charge in [0, 0.05) is 6.07 Å². The maximum Gasteiger partial charge on any atom is 0.326 e. The summed E-state index contributed by atoms with van der Waals surface area (Å²) in [5.74, 6) is -1.28. The molecule has 0 spiro atoms. The Morgan fingerprint density at radius 1 is 1.17 bits per heavy atom. The van der Waals surface area contributed by atoms with Crippen LogP contribution in [-0.4, -0.2) is 23.1 Å². The molecule has 7 nitrogen and oxygen atoms in total. The lowest BCUT2D eigenvalue weighted by atomic mass is 10.2. The van der Waals surface area contributed by atoms with E-state index in [1.165, 1.54) is 11.3 Å². The van der Waals surface area contributed by atoms with E-state index in [1.54, 1.807) is 35.8 Å². The normalized spacial score (nSPS) is 11.9. The van der Waals surface area contributed by atoms with Crippen molar-refractivity contribution in [2.24, 2.45) is 4.99 Å². The minimum absolute atomic E-state index is 0.0787. The molecule has 0 aliphatic carbocycles. The molecule has 0 unspecified atom stereocenters. The predicted octanol–water partition coefficient (Wildman–Crippen LogP) is 3.42. The molecule has 0 saturated carbocycles. The third kappa shape index (κ3) is 3.81. The highest BCUT2D eigenvalue weighted by Gasteiger charge is 2.15. The summed E-state index contributed by atoms with van der Waals surface area (Å²) in [6.07, 6.45) is 0. The standard InChI is InChI=1S/C22H18N2O5S/c1-3-28-20(26)12-24-15-9-8-13(2)10-19(15)30-22(24)23-21(27)18-11-16(25)14-6-4-5-7-17(14)29-18/h4-11H,3,12H2,1-2H3. The Morgan fingerprint density at radius 3 is 2.77 bits per heavy atom. The molecule has 0 aliphatic heterocycles. The van der Waals surface area contributed by atoms with Gasteiger partial charge >= 0.3 is 11.9 Å². The van der Waals surface area contributed by atoms with Crippen molar-refractivity contribution in [1.29, 1.82) is 0 Å². The summed E-state index contributed by atoms with van der Waals surface area (Å²) in [6.45, 7) is 3.87. The molecule has 0 N–H and O–H groups in total. The summed E-state index contributed by atoms with van der Waals surface area (Å²) in [5.41, 5.74) is 1.81. The van der Waals surface area contributed by atoms with Crippen LogP contribution in [0.25, 0.3) is 21.2 Å². The molecule has 4 rings (SSSR count). The Bertz CT molecular complexity index is 1410. The van der Waals surface area contributed by atoms with Crippen molar-refractivity contribution in [3.05, 3.63) is 74.9 Å². The van der Waals surface area contributed by atoms with Gasteiger partial charge in [-0.3, -0.25) is 14.4 Å². The molecule has 2 heterocycles. The maximum atomic E-state index is 12.8. The van der Waals surface area contributed by atoms with E-state index in [-0.39, 0.29) is 24.3 Å². The van der Waals surface area contributed by atoms with Crippen LogP contribution in [0.1, 0.15) is 23.0 Å². The fraction of sp³-hybridized carbons (Fsp3) is 0.182. The van der Waals surface area contributed by atoms with E-state index in [0.717, 1.165) is 21.8 Å². The van der Waals surface area contributed by atoms with Crippen LogP contribution in [0.4, 0.5) is 0 Å². The summed E-state index contributed by atoms with van der Waals surface area (Å²) in [4.78, 5) is 41.7. The van der Waals surface area contributed by atoms with Gasteiger partial charge < -0.3 is 13.7 Å². The summed E-state index contributed by atoms with van der Waals surface area (Å²) in [6, 6.07) is 13.6. The van der Waals surface area contributed by atoms with E-state index < -0.39 is 11.9 Å². The lowest BCUT2D eigenvalue weighted by Crippen LogP contribution is -2.23. The van der Waals surface area contributed by atoms with Crippen molar-refractivity contribution in [2.45, 2.75) is 20.4 Å². The number of carbonyl (C=O) groups excluding carboxylic acids is 2. The number of hydrogen-bond donors (Lipinski definition) is 0. The molecule has 152 valence electrons. The first-order valence-electron chi connectivity index (χ1n) is 9.34. The van der Waals surface area contributed by atoms with Crippen molar-refractivity contribution in [2.75, 3.05) is 6.61 Å². The second-order valence-electron chi connectivity index (χ2n) is 6.63. The lowest BCUT2D eigenvalue weighted by molar-refractivity contribution is -0.143. The Kier molecular flexibility index (Phi) is 5.33. The second kappa shape index (κ2) is 8.08. The average molecular weight is 422 g/mol. The molecule has 0 fully saturated rings. The van der Waals surface area contributed by atoms with Gasteiger partial charge in [0.05, 0.1) is 22.2 Å². The predicted molar refractivity (Wildman–Crippen MR) is 114 cm³/mol. The molecule has 2 aromatic heterocycles. The Hall–Kier alpha value is -3.52. The number of aryl methyl sites for hydroxylation is 1. The lowest BCUT2D eigenvalue weighted by Gasteiger charge is -2.05. The average Bonchev–Trinajstić information content (AvgIpc) is 3.04. The number of esters is 1. The van der Waals surface area contributed by atoms with Crippen LogP contribution in [0, 0.1) is 6.92 Å². The fourth-order valence-corrected chi connectivity index (χ4v) is 4.23. The quantitative estimate of drug-likeness (QED) is 0.470. The third-order valence-corrected chi connectivity index (χ3v) is 5.51.